The Morgan fingerprint density at radius 3 is 2.52 bits per heavy atom. The Morgan fingerprint density at radius 1 is 1.33 bits per heavy atom. The van der Waals surface area contributed by atoms with Crippen LogP contribution in [0.4, 0.5) is 18.9 Å². The monoisotopic (exact) mass is 305 g/mol. The largest absolute Gasteiger partial charge is 0.487 e. The predicted octanol–water partition coefficient (Wildman–Crippen LogP) is 3.75. The molecule has 5 nitrogen and oxygen atoms in total. The third-order valence-electron chi connectivity index (χ3n) is 2.66. The van der Waals surface area contributed by atoms with Gasteiger partial charge in [-0.2, -0.15) is 13.2 Å². The van der Waals surface area contributed by atoms with Gasteiger partial charge in [0.15, 0.2) is 5.75 Å². The van der Waals surface area contributed by atoms with Crippen LogP contribution in [0.25, 0.3) is 0 Å². The molecule has 0 heterocycles. The number of nitro groups is 1. The molecule has 1 rings (SSSR count). The molecule has 1 aromatic rings. The Balaban J connectivity index is 2.74. The second-order valence-electron chi connectivity index (χ2n) is 4.44. The van der Waals surface area contributed by atoms with Gasteiger partial charge in [0.1, 0.15) is 5.78 Å². The average Bonchev–Trinajstić information content (AvgIpc) is 2.36. The zero-order chi connectivity index (χ0) is 16.0. The number of ether oxygens (including phenoxy) is 1. The predicted molar refractivity (Wildman–Crippen MR) is 68.1 cm³/mol. The van der Waals surface area contributed by atoms with E-state index in [0.717, 1.165) is 12.1 Å². The lowest BCUT2D eigenvalue weighted by Crippen LogP contribution is -2.07. The van der Waals surface area contributed by atoms with Gasteiger partial charge in [0.25, 0.3) is 0 Å². The Labute approximate surface area is 118 Å². The number of rotatable bonds is 7. The lowest BCUT2D eigenvalue weighted by molar-refractivity contribution is -0.386. The second-order valence-corrected chi connectivity index (χ2v) is 4.44. The maximum Gasteiger partial charge on any atom is 0.416 e. The average molecular weight is 305 g/mol. The van der Waals surface area contributed by atoms with Gasteiger partial charge in [-0.25, -0.2) is 0 Å². The summed E-state index contributed by atoms with van der Waals surface area (Å²) in [5, 5.41) is 10.8. The highest BCUT2D eigenvalue weighted by Crippen LogP contribution is 2.36. The molecule has 116 valence electrons. The van der Waals surface area contributed by atoms with Crippen molar-refractivity contribution in [1.82, 2.24) is 0 Å². The van der Waals surface area contributed by atoms with Crippen molar-refractivity contribution in [2.75, 3.05) is 6.61 Å². The summed E-state index contributed by atoms with van der Waals surface area (Å²) in [4.78, 5) is 20.6. The SMILES string of the molecule is CC(=O)CCCCOc1ccc(C(F)(F)F)cc1[N+](=O)[O-]. The van der Waals surface area contributed by atoms with E-state index in [-0.39, 0.29) is 18.1 Å². The number of carbonyl (C=O) groups is 1. The third-order valence-corrected chi connectivity index (χ3v) is 2.66. The number of hydrogen-bond donors (Lipinski definition) is 0. The number of carbonyl (C=O) groups excluding carboxylic acids is 1. The van der Waals surface area contributed by atoms with Gasteiger partial charge in [0.2, 0.25) is 0 Å². The van der Waals surface area contributed by atoms with Crippen LogP contribution >= 0.6 is 0 Å². The molecule has 0 aromatic heterocycles. The number of hydrogen-bond acceptors (Lipinski definition) is 4. The number of unbranched alkanes of at least 4 members (excludes halogenated alkanes) is 1. The Bertz CT molecular complexity index is 529. The molecule has 0 saturated heterocycles. The summed E-state index contributed by atoms with van der Waals surface area (Å²) in [6.45, 7) is 1.54. The molecule has 1 aromatic carbocycles. The molecule has 8 heteroatoms. The fraction of sp³-hybridized carbons (Fsp3) is 0.462. The molecule has 0 radical (unpaired) electrons. The normalized spacial score (nSPS) is 11.2. The van der Waals surface area contributed by atoms with Gasteiger partial charge in [0.05, 0.1) is 17.1 Å². The van der Waals surface area contributed by atoms with Crippen molar-refractivity contribution < 1.29 is 27.6 Å². The van der Waals surface area contributed by atoms with Gasteiger partial charge in [-0.15, -0.1) is 0 Å². The third kappa shape index (κ3) is 5.41. The summed E-state index contributed by atoms with van der Waals surface area (Å²) in [6, 6.07) is 2.12. The van der Waals surface area contributed by atoms with Gasteiger partial charge < -0.3 is 9.53 Å². The van der Waals surface area contributed by atoms with E-state index in [1.54, 1.807) is 0 Å². The molecule has 0 N–H and O–H groups in total. The smallest absolute Gasteiger partial charge is 0.416 e. The van der Waals surface area contributed by atoms with Crippen LogP contribution in [0.1, 0.15) is 31.7 Å². The molecule has 0 aliphatic rings. The van der Waals surface area contributed by atoms with E-state index in [1.165, 1.54) is 6.92 Å². The minimum Gasteiger partial charge on any atom is -0.487 e. The van der Waals surface area contributed by atoms with Gasteiger partial charge >= 0.3 is 11.9 Å². The molecule has 0 spiro atoms. The van der Waals surface area contributed by atoms with E-state index in [4.69, 9.17) is 4.74 Å². The zero-order valence-electron chi connectivity index (χ0n) is 11.3. The van der Waals surface area contributed by atoms with E-state index in [0.29, 0.717) is 25.3 Å². The maximum atomic E-state index is 12.5. The molecule has 0 saturated carbocycles. The minimum absolute atomic E-state index is 0.0236. The molecule has 0 fully saturated rings. The number of benzene rings is 1. The van der Waals surface area contributed by atoms with Crippen LogP contribution in [0.15, 0.2) is 18.2 Å². The Morgan fingerprint density at radius 2 is 2.00 bits per heavy atom. The number of halogens is 3. The summed E-state index contributed by atoms with van der Waals surface area (Å²) in [7, 11) is 0. The fourth-order valence-corrected chi connectivity index (χ4v) is 1.62. The van der Waals surface area contributed by atoms with Gasteiger partial charge in [-0.3, -0.25) is 10.1 Å². The highest BCUT2D eigenvalue weighted by atomic mass is 19.4. The molecular formula is C13H14F3NO4. The molecule has 0 bridgehead atoms. The summed E-state index contributed by atoms with van der Waals surface area (Å²) in [5.41, 5.74) is -1.82. The zero-order valence-corrected chi connectivity index (χ0v) is 11.3. The number of ketones is 1. The van der Waals surface area contributed by atoms with E-state index in [9.17, 15) is 28.1 Å². The van der Waals surface area contributed by atoms with Crippen molar-refractivity contribution in [3.05, 3.63) is 33.9 Å². The number of nitro benzene ring substituents is 1. The highest BCUT2D eigenvalue weighted by molar-refractivity contribution is 5.75. The van der Waals surface area contributed by atoms with Crippen molar-refractivity contribution in [1.29, 1.82) is 0 Å². The molecule has 0 aliphatic heterocycles. The summed E-state index contributed by atoms with van der Waals surface area (Å²) in [6.07, 6.45) is -3.23. The summed E-state index contributed by atoms with van der Waals surface area (Å²) >= 11 is 0. The quantitative estimate of drug-likeness (QED) is 0.437. The molecule has 0 amide bonds. The van der Waals surface area contributed by atoms with Gasteiger partial charge in [-0.05, 0) is 31.9 Å². The van der Waals surface area contributed by atoms with Crippen LogP contribution in [-0.2, 0) is 11.0 Å². The summed E-state index contributed by atoms with van der Waals surface area (Å²) in [5.74, 6) is -0.189. The minimum atomic E-state index is -4.65. The first-order chi connectivity index (χ1) is 9.71. The number of Topliss-reactive ketones (excluding diaryl/α,β-unsaturated/α-hetero) is 1. The second kappa shape index (κ2) is 7.05. The van der Waals surface area contributed by atoms with Crippen molar-refractivity contribution in [3.8, 4) is 5.75 Å². The first-order valence-corrected chi connectivity index (χ1v) is 6.19. The lowest BCUT2D eigenvalue weighted by Gasteiger charge is -2.10. The molecule has 21 heavy (non-hydrogen) atoms. The molecular weight excluding hydrogens is 291 g/mol. The van der Waals surface area contributed by atoms with Crippen LogP contribution in [0.5, 0.6) is 5.75 Å². The van der Waals surface area contributed by atoms with Gasteiger partial charge in [-0.1, -0.05) is 0 Å². The lowest BCUT2D eigenvalue weighted by atomic mass is 10.2. The van der Waals surface area contributed by atoms with Crippen LogP contribution in [0.3, 0.4) is 0 Å². The van der Waals surface area contributed by atoms with E-state index in [1.807, 2.05) is 0 Å². The van der Waals surface area contributed by atoms with Crippen molar-refractivity contribution in [2.45, 2.75) is 32.4 Å². The van der Waals surface area contributed by atoms with Crippen molar-refractivity contribution >= 4 is 11.5 Å². The molecule has 0 atom stereocenters. The first-order valence-electron chi connectivity index (χ1n) is 6.19. The van der Waals surface area contributed by atoms with E-state index in [2.05, 4.69) is 0 Å². The van der Waals surface area contributed by atoms with E-state index < -0.39 is 22.4 Å². The maximum absolute atomic E-state index is 12.5. The Kier molecular flexibility index (Phi) is 5.69. The number of alkyl halides is 3. The standard InChI is InChI=1S/C13H14F3NO4/c1-9(18)4-2-3-7-21-12-6-5-10(13(14,15)16)8-11(12)17(19)20/h5-6,8H,2-4,7H2,1H3. The molecule has 0 aliphatic carbocycles. The van der Waals surface area contributed by atoms with Gasteiger partial charge in [0, 0.05) is 12.5 Å². The summed E-state index contributed by atoms with van der Waals surface area (Å²) < 4.78 is 42.6. The topological polar surface area (TPSA) is 69.4 Å². The van der Waals surface area contributed by atoms with Crippen molar-refractivity contribution in [3.63, 3.8) is 0 Å². The number of nitrogens with zero attached hydrogens (tertiary/aromatic N) is 1. The fourth-order valence-electron chi connectivity index (χ4n) is 1.62. The van der Waals surface area contributed by atoms with E-state index >= 15 is 0 Å². The van der Waals surface area contributed by atoms with Crippen LogP contribution < -0.4 is 4.74 Å². The highest BCUT2D eigenvalue weighted by Gasteiger charge is 2.33. The first kappa shape index (κ1) is 16.9. The van der Waals surface area contributed by atoms with Crippen molar-refractivity contribution in [2.24, 2.45) is 0 Å². The Hall–Kier alpha value is -2.12. The molecule has 0 unspecified atom stereocenters. The van der Waals surface area contributed by atoms with Crippen LogP contribution in [-0.4, -0.2) is 17.3 Å². The van der Waals surface area contributed by atoms with Crippen LogP contribution in [0, 0.1) is 10.1 Å². The van der Waals surface area contributed by atoms with Crippen LogP contribution in [0.2, 0.25) is 0 Å².